The summed E-state index contributed by atoms with van der Waals surface area (Å²) >= 11 is 0. The van der Waals surface area contributed by atoms with Gasteiger partial charge in [0.05, 0.1) is 36.0 Å². The number of hydrazone groups is 1. The van der Waals surface area contributed by atoms with Crippen molar-refractivity contribution in [2.75, 3.05) is 32.1 Å². The van der Waals surface area contributed by atoms with Gasteiger partial charge in [0, 0.05) is 25.8 Å². The number of aliphatic hydroxyl groups is 1. The Morgan fingerprint density at radius 2 is 1.98 bits per heavy atom. The van der Waals surface area contributed by atoms with E-state index in [1.165, 1.54) is 0 Å². The van der Waals surface area contributed by atoms with Gasteiger partial charge >= 0.3 is 0 Å². The topological polar surface area (TPSA) is 107 Å². The van der Waals surface area contributed by atoms with Crippen LogP contribution in [0, 0.1) is 6.92 Å². The number of nitrogens with one attached hydrogen (secondary N) is 2. The van der Waals surface area contributed by atoms with Crippen LogP contribution >= 0.6 is 0 Å². The van der Waals surface area contributed by atoms with Gasteiger partial charge in [-0.1, -0.05) is 57.7 Å². The molecule has 0 saturated carbocycles. The van der Waals surface area contributed by atoms with E-state index in [-0.39, 0.29) is 23.7 Å². The number of aromatic nitrogens is 1. The number of hydrogen-bond acceptors (Lipinski definition) is 6. The van der Waals surface area contributed by atoms with E-state index in [2.05, 4.69) is 37.4 Å². The number of aliphatic imine (C=N–C) groups is 2. The number of hydrogen-bond donors (Lipinski definition) is 3. The van der Waals surface area contributed by atoms with Crippen LogP contribution in [0.25, 0.3) is 6.08 Å². The van der Waals surface area contributed by atoms with Gasteiger partial charge < -0.3 is 20.1 Å². The summed E-state index contributed by atoms with van der Waals surface area (Å²) in [5.74, 6) is -0.197. The Morgan fingerprint density at radius 3 is 2.60 bits per heavy atom. The molecule has 9 nitrogen and oxygen atoms in total. The number of guanidine groups is 1. The standard InChI is InChI=1S/C31H38FN7O2.C2H6/c1-6-8-9-27(40)16-12-24-10-13-25(14-11-24)36-29-17-15-26(35-23(29)4)20-34-38-31(33-5)37-30(22(3)32)39-18-19-41-28(7-2)21-39;1-2/h6,8-17,20,28,36,40H,3,7,18-19,21H2,1-2,4-5H3,(H,33,38);1-2H3/b8-6-,16-12+,27-9+,34-20+,37-30+;. The first-order valence-electron chi connectivity index (χ1n) is 14.4. The van der Waals surface area contributed by atoms with Crippen LogP contribution in [0.2, 0.25) is 0 Å². The maximum atomic E-state index is 14.3. The fourth-order valence-electron chi connectivity index (χ4n) is 3.89. The molecule has 1 saturated heterocycles. The number of aliphatic hydroxyl groups excluding tert-OH is 1. The smallest absolute Gasteiger partial charge is 0.240 e. The lowest BCUT2D eigenvalue weighted by Gasteiger charge is -2.34. The predicted octanol–water partition coefficient (Wildman–Crippen LogP) is 7.09. The number of amidine groups is 1. The van der Waals surface area contributed by atoms with Crippen LogP contribution < -0.4 is 10.7 Å². The quantitative estimate of drug-likeness (QED) is 0.0948. The van der Waals surface area contributed by atoms with Crippen molar-refractivity contribution in [1.29, 1.82) is 0 Å². The molecule has 0 spiro atoms. The normalized spacial score (nSPS) is 16.5. The summed E-state index contributed by atoms with van der Waals surface area (Å²) in [6.45, 7) is 14.8. The maximum Gasteiger partial charge on any atom is 0.240 e. The van der Waals surface area contributed by atoms with Crippen LogP contribution in [0.4, 0.5) is 15.8 Å². The minimum absolute atomic E-state index is 0.0146. The summed E-state index contributed by atoms with van der Waals surface area (Å²) in [4.78, 5) is 14.8. The highest BCUT2D eigenvalue weighted by molar-refractivity contribution is 6.04. The molecule has 230 valence electrons. The monoisotopic (exact) mass is 589 g/mol. The number of morpholine rings is 1. The van der Waals surface area contributed by atoms with Gasteiger partial charge in [0.15, 0.2) is 11.7 Å². The van der Waals surface area contributed by atoms with Gasteiger partial charge in [0.1, 0.15) is 5.76 Å². The fraction of sp³-hybridized carbons (Fsp3) is 0.333. The molecule has 1 unspecified atom stereocenters. The molecule has 1 fully saturated rings. The van der Waals surface area contributed by atoms with Crippen molar-refractivity contribution < 1.29 is 14.2 Å². The zero-order valence-electron chi connectivity index (χ0n) is 26.0. The summed E-state index contributed by atoms with van der Waals surface area (Å²) in [7, 11) is 1.55. The Labute approximate surface area is 255 Å². The molecular weight excluding hydrogens is 545 g/mol. The van der Waals surface area contributed by atoms with Crippen molar-refractivity contribution in [1.82, 2.24) is 15.3 Å². The van der Waals surface area contributed by atoms with Crippen LogP contribution in [0.1, 0.15) is 51.1 Å². The molecule has 1 aliphatic rings. The summed E-state index contributed by atoms with van der Waals surface area (Å²) in [5.41, 5.74) is 6.89. The van der Waals surface area contributed by atoms with Gasteiger partial charge in [-0.2, -0.15) is 10.1 Å². The van der Waals surface area contributed by atoms with Crippen LogP contribution in [-0.2, 0) is 4.74 Å². The van der Waals surface area contributed by atoms with Crippen molar-refractivity contribution in [2.45, 2.75) is 47.1 Å². The third-order valence-corrected chi connectivity index (χ3v) is 6.12. The maximum absolute atomic E-state index is 14.3. The molecule has 43 heavy (non-hydrogen) atoms. The molecule has 3 N–H and O–H groups in total. The summed E-state index contributed by atoms with van der Waals surface area (Å²) in [6, 6.07) is 11.6. The lowest BCUT2D eigenvalue weighted by molar-refractivity contribution is -0.00714. The lowest BCUT2D eigenvalue weighted by Crippen LogP contribution is -2.46. The highest BCUT2D eigenvalue weighted by Crippen LogP contribution is 2.20. The molecule has 3 rings (SSSR count). The van der Waals surface area contributed by atoms with E-state index in [0.29, 0.717) is 25.4 Å². The third kappa shape index (κ3) is 11.7. The highest BCUT2D eigenvalue weighted by Gasteiger charge is 2.24. The lowest BCUT2D eigenvalue weighted by atomic mass is 10.1. The van der Waals surface area contributed by atoms with Crippen LogP contribution in [0.15, 0.2) is 94.0 Å². The van der Waals surface area contributed by atoms with E-state index in [1.54, 1.807) is 31.5 Å². The number of anilines is 2. The summed E-state index contributed by atoms with van der Waals surface area (Å²) in [6.07, 6.45) is 11.1. The summed E-state index contributed by atoms with van der Waals surface area (Å²) in [5, 5.41) is 17.4. The minimum atomic E-state index is -0.642. The van der Waals surface area contributed by atoms with Gasteiger partial charge in [0.25, 0.3) is 0 Å². The SMILES string of the molecule is C=C(F)/C(=N\C(=NC)N/N=C/c1ccc(Nc2ccc(/C=C/C(O)=C\C=C/C)cc2)c(C)n1)N1CCOC(CC)C1.CC. The average molecular weight is 590 g/mol. The van der Waals surface area contributed by atoms with Gasteiger partial charge in [-0.15, -0.1) is 0 Å². The second kappa shape index (κ2) is 18.8. The van der Waals surface area contributed by atoms with Crippen LogP contribution in [0.5, 0.6) is 0 Å². The Balaban J connectivity index is 0.00000316. The zero-order chi connectivity index (χ0) is 31.6. The first-order valence-corrected chi connectivity index (χ1v) is 14.4. The predicted molar refractivity (Wildman–Crippen MR) is 178 cm³/mol. The van der Waals surface area contributed by atoms with E-state index in [0.717, 1.165) is 29.1 Å². The second-order valence-corrected chi connectivity index (χ2v) is 9.17. The first kappa shape index (κ1) is 34.6. The number of benzene rings is 1. The Bertz CT molecular complexity index is 1360. The molecule has 0 amide bonds. The number of rotatable bonds is 9. The van der Waals surface area contributed by atoms with Gasteiger partial charge in [-0.05, 0) is 62.2 Å². The van der Waals surface area contributed by atoms with Gasteiger partial charge in [-0.25, -0.2) is 14.8 Å². The first-order chi connectivity index (χ1) is 20.8. The molecule has 2 aromatic rings. The third-order valence-electron chi connectivity index (χ3n) is 6.12. The van der Waals surface area contributed by atoms with E-state index in [1.807, 2.05) is 88.1 Å². The number of pyridine rings is 1. The van der Waals surface area contributed by atoms with Crippen molar-refractivity contribution in [3.63, 3.8) is 0 Å². The molecule has 10 heteroatoms. The van der Waals surface area contributed by atoms with Crippen LogP contribution in [0.3, 0.4) is 0 Å². The molecule has 0 aliphatic carbocycles. The van der Waals surface area contributed by atoms with Crippen LogP contribution in [-0.4, -0.2) is 65.8 Å². The second-order valence-electron chi connectivity index (χ2n) is 9.17. The molecule has 2 heterocycles. The number of ether oxygens (including phenoxy) is 1. The molecular formula is C33H44FN7O2. The largest absolute Gasteiger partial charge is 0.508 e. The Hall–Kier alpha value is -4.57. The average Bonchev–Trinajstić information content (AvgIpc) is 3.03. The van der Waals surface area contributed by atoms with Gasteiger partial charge in [-0.3, -0.25) is 4.99 Å². The Kier molecular flexibility index (Phi) is 15.1. The molecule has 1 aromatic heterocycles. The molecule has 1 aromatic carbocycles. The number of allylic oxidation sites excluding steroid dienone is 4. The molecule has 1 atom stereocenters. The minimum Gasteiger partial charge on any atom is -0.508 e. The fourth-order valence-corrected chi connectivity index (χ4v) is 3.89. The number of halogens is 1. The zero-order valence-corrected chi connectivity index (χ0v) is 26.0. The molecule has 1 aliphatic heterocycles. The van der Waals surface area contributed by atoms with Gasteiger partial charge in [0.2, 0.25) is 5.96 Å². The van der Waals surface area contributed by atoms with E-state index in [4.69, 9.17) is 4.74 Å². The summed E-state index contributed by atoms with van der Waals surface area (Å²) < 4.78 is 19.9. The van der Waals surface area contributed by atoms with Crippen molar-refractivity contribution in [3.05, 3.63) is 95.8 Å². The number of aryl methyl sites for hydroxylation is 1. The molecule has 0 bridgehead atoms. The number of nitrogens with zero attached hydrogens (tertiary/aromatic N) is 5. The van der Waals surface area contributed by atoms with Crippen molar-refractivity contribution >= 4 is 35.5 Å². The highest BCUT2D eigenvalue weighted by atomic mass is 19.1. The van der Waals surface area contributed by atoms with Crippen molar-refractivity contribution in [2.24, 2.45) is 15.1 Å². The van der Waals surface area contributed by atoms with Crippen molar-refractivity contribution in [3.8, 4) is 0 Å². The van der Waals surface area contributed by atoms with E-state index < -0.39 is 5.83 Å². The van der Waals surface area contributed by atoms with E-state index in [9.17, 15) is 9.50 Å². The molecule has 0 radical (unpaired) electrons. The Morgan fingerprint density at radius 1 is 1.23 bits per heavy atom. The van der Waals surface area contributed by atoms with E-state index >= 15 is 0 Å².